The Bertz CT molecular complexity index is 1360. The Labute approximate surface area is 259 Å². The fourth-order valence-electron chi connectivity index (χ4n) is 7.34. The Balaban J connectivity index is 1.23. The first-order valence-electron chi connectivity index (χ1n) is 16.6. The zero-order valence-electron chi connectivity index (χ0n) is 26.6. The van der Waals surface area contributed by atoms with Gasteiger partial charge in [0.1, 0.15) is 0 Å². The minimum Gasteiger partial charge on any atom is -0.337 e. The van der Waals surface area contributed by atoms with E-state index in [1.165, 1.54) is 46.7 Å². The van der Waals surface area contributed by atoms with Crippen LogP contribution < -0.4 is 16.8 Å². The van der Waals surface area contributed by atoms with Gasteiger partial charge >= 0.3 is 0 Å². The Hall–Kier alpha value is -2.77. The summed E-state index contributed by atoms with van der Waals surface area (Å²) < 4.78 is 0. The van der Waals surface area contributed by atoms with E-state index >= 15 is 0 Å². The summed E-state index contributed by atoms with van der Waals surface area (Å²) in [6.07, 6.45) is 8.24. The number of nitrogens with zero attached hydrogens (tertiary/aromatic N) is 2. The molecule has 0 radical (unpaired) electrons. The molecule has 1 saturated heterocycles. The van der Waals surface area contributed by atoms with Crippen LogP contribution in [0.4, 0.5) is 0 Å². The largest absolute Gasteiger partial charge is 0.337 e. The molecule has 0 bridgehead atoms. The van der Waals surface area contributed by atoms with Crippen molar-refractivity contribution < 1.29 is 4.79 Å². The molecule has 1 amide bonds. The smallest absolute Gasteiger partial charge is 0.227 e. The van der Waals surface area contributed by atoms with Gasteiger partial charge in [-0.25, -0.2) is 0 Å². The number of piperazine rings is 1. The number of hydrogen-bond acceptors (Lipinski definition) is 5. The SMILES string of the molecule is Cc1ccc(CC(N)CN2C[C@@H](C)N(C(=O)Cc3ccc4ccccc4c3)C[C@@H]2CCCNC2CCCCC2N)c(C)c1. The second-order valence-electron chi connectivity index (χ2n) is 13.4. The van der Waals surface area contributed by atoms with E-state index in [1.54, 1.807) is 0 Å². The summed E-state index contributed by atoms with van der Waals surface area (Å²) >= 11 is 0. The lowest BCUT2D eigenvalue weighted by atomic mass is 9.91. The summed E-state index contributed by atoms with van der Waals surface area (Å²) in [5.41, 5.74) is 18.2. The molecule has 5 atom stereocenters. The number of rotatable bonds is 11. The van der Waals surface area contributed by atoms with Crippen molar-refractivity contribution in [2.75, 3.05) is 26.2 Å². The fourth-order valence-corrected chi connectivity index (χ4v) is 7.34. The van der Waals surface area contributed by atoms with Gasteiger partial charge in [0, 0.05) is 49.8 Å². The predicted molar refractivity (Wildman–Crippen MR) is 179 cm³/mol. The van der Waals surface area contributed by atoms with Crippen molar-refractivity contribution in [3.63, 3.8) is 0 Å². The normalized spacial score (nSPS) is 23.9. The average Bonchev–Trinajstić information content (AvgIpc) is 2.98. The number of hydrogen-bond donors (Lipinski definition) is 3. The van der Waals surface area contributed by atoms with Crippen LogP contribution in [-0.2, 0) is 17.6 Å². The maximum Gasteiger partial charge on any atom is 0.227 e. The third-order valence-corrected chi connectivity index (χ3v) is 9.83. The van der Waals surface area contributed by atoms with Crippen molar-refractivity contribution in [2.24, 2.45) is 11.5 Å². The van der Waals surface area contributed by atoms with Gasteiger partial charge in [0.15, 0.2) is 0 Å². The summed E-state index contributed by atoms with van der Waals surface area (Å²) in [6, 6.07) is 22.6. The van der Waals surface area contributed by atoms with Gasteiger partial charge in [-0.2, -0.15) is 0 Å². The second kappa shape index (κ2) is 14.8. The molecule has 43 heavy (non-hydrogen) atoms. The highest BCUT2D eigenvalue weighted by atomic mass is 16.2. The summed E-state index contributed by atoms with van der Waals surface area (Å²) in [6.45, 7) is 9.95. The third-order valence-electron chi connectivity index (χ3n) is 9.83. The number of fused-ring (bicyclic) bond motifs is 1. The first kappa shape index (κ1) is 31.6. The predicted octanol–water partition coefficient (Wildman–Crippen LogP) is 5.11. The second-order valence-corrected chi connectivity index (χ2v) is 13.4. The van der Waals surface area contributed by atoms with Crippen molar-refractivity contribution >= 4 is 16.7 Å². The van der Waals surface area contributed by atoms with Gasteiger partial charge in [0.05, 0.1) is 6.42 Å². The van der Waals surface area contributed by atoms with Gasteiger partial charge in [-0.1, -0.05) is 79.1 Å². The van der Waals surface area contributed by atoms with E-state index in [2.05, 4.69) is 96.6 Å². The number of nitrogens with two attached hydrogens (primary N) is 2. The molecule has 2 fully saturated rings. The zero-order chi connectivity index (χ0) is 30.3. The molecule has 1 heterocycles. The number of benzene rings is 3. The van der Waals surface area contributed by atoms with Gasteiger partial charge in [0.2, 0.25) is 5.91 Å². The first-order valence-corrected chi connectivity index (χ1v) is 16.6. The van der Waals surface area contributed by atoms with Crippen molar-refractivity contribution in [3.05, 3.63) is 82.9 Å². The topological polar surface area (TPSA) is 87.6 Å². The summed E-state index contributed by atoms with van der Waals surface area (Å²) in [5.74, 6) is 0.221. The van der Waals surface area contributed by atoms with Crippen molar-refractivity contribution in [3.8, 4) is 0 Å². The van der Waals surface area contributed by atoms with Gasteiger partial charge in [0.25, 0.3) is 0 Å². The number of amides is 1. The molecule has 1 aliphatic carbocycles. The van der Waals surface area contributed by atoms with Crippen LogP contribution in [0.1, 0.15) is 67.7 Å². The highest BCUT2D eigenvalue weighted by molar-refractivity contribution is 5.85. The molecule has 5 N–H and O–H groups in total. The van der Waals surface area contributed by atoms with E-state index in [0.717, 1.165) is 57.4 Å². The number of carbonyl (C=O) groups excluding carboxylic acids is 1. The molecule has 1 saturated carbocycles. The van der Waals surface area contributed by atoms with Crippen molar-refractivity contribution in [1.82, 2.24) is 15.1 Å². The zero-order valence-corrected chi connectivity index (χ0v) is 26.6. The van der Waals surface area contributed by atoms with Crippen LogP contribution in [0.3, 0.4) is 0 Å². The maximum absolute atomic E-state index is 13.7. The highest BCUT2D eigenvalue weighted by Gasteiger charge is 2.34. The minimum absolute atomic E-state index is 0.0503. The fraction of sp³-hybridized carbons (Fsp3) is 0.541. The van der Waals surface area contributed by atoms with Crippen LogP contribution in [0, 0.1) is 13.8 Å². The van der Waals surface area contributed by atoms with Crippen molar-refractivity contribution in [1.29, 1.82) is 0 Å². The number of nitrogens with one attached hydrogen (secondary N) is 1. The molecule has 6 nitrogen and oxygen atoms in total. The molecule has 1 aliphatic heterocycles. The average molecular weight is 584 g/mol. The van der Waals surface area contributed by atoms with E-state index in [1.807, 2.05) is 0 Å². The van der Waals surface area contributed by atoms with Crippen LogP contribution in [0.5, 0.6) is 0 Å². The van der Waals surface area contributed by atoms with E-state index in [0.29, 0.717) is 18.5 Å². The maximum atomic E-state index is 13.7. The minimum atomic E-state index is 0.0503. The molecule has 3 unspecified atom stereocenters. The molecule has 6 heteroatoms. The third kappa shape index (κ3) is 8.45. The Kier molecular flexibility index (Phi) is 10.9. The molecule has 0 aromatic heterocycles. The lowest BCUT2D eigenvalue weighted by molar-refractivity contribution is -0.136. The van der Waals surface area contributed by atoms with E-state index in [4.69, 9.17) is 11.5 Å². The molecule has 0 spiro atoms. The Morgan fingerprint density at radius 1 is 1.00 bits per heavy atom. The monoisotopic (exact) mass is 583 g/mol. The highest BCUT2D eigenvalue weighted by Crippen LogP contribution is 2.23. The van der Waals surface area contributed by atoms with E-state index < -0.39 is 0 Å². The molecule has 2 aliphatic rings. The van der Waals surface area contributed by atoms with Crippen LogP contribution in [0.15, 0.2) is 60.7 Å². The van der Waals surface area contributed by atoms with Gasteiger partial charge < -0.3 is 21.7 Å². The summed E-state index contributed by atoms with van der Waals surface area (Å²) in [5, 5.41) is 6.15. The molecular formula is C37H53N5O. The van der Waals surface area contributed by atoms with Crippen molar-refractivity contribution in [2.45, 2.75) is 102 Å². The van der Waals surface area contributed by atoms with Crippen LogP contribution in [-0.4, -0.2) is 72.1 Å². The molecule has 5 rings (SSSR count). The lowest BCUT2D eigenvalue weighted by Gasteiger charge is -2.46. The van der Waals surface area contributed by atoms with Crippen LogP contribution in [0.25, 0.3) is 10.8 Å². The standard InChI is InChI=1S/C37H53N5O/c1-26-14-16-31(27(2)19-26)22-33(38)24-41-23-28(3)42(25-34(41)11-8-18-40-36-13-7-6-12-35(36)39)37(43)21-29-15-17-30-9-4-5-10-32(30)20-29/h4-5,9-10,14-17,19-20,28,33-36,40H,6-8,11-13,18,21-25,38-39H2,1-3H3/t28-,33?,34+,35?,36?/m1/s1. The van der Waals surface area contributed by atoms with Gasteiger partial charge in [-0.05, 0) is 86.9 Å². The molecule has 3 aromatic carbocycles. The van der Waals surface area contributed by atoms with Gasteiger partial charge in [-0.15, -0.1) is 0 Å². The molecule has 232 valence electrons. The Morgan fingerprint density at radius 2 is 1.79 bits per heavy atom. The van der Waals surface area contributed by atoms with Crippen LogP contribution >= 0.6 is 0 Å². The summed E-state index contributed by atoms with van der Waals surface area (Å²) in [7, 11) is 0. The van der Waals surface area contributed by atoms with Crippen LogP contribution in [0.2, 0.25) is 0 Å². The quantitative estimate of drug-likeness (QED) is 0.273. The molecule has 3 aromatic rings. The van der Waals surface area contributed by atoms with E-state index in [9.17, 15) is 4.79 Å². The Morgan fingerprint density at radius 3 is 2.58 bits per heavy atom. The summed E-state index contributed by atoms with van der Waals surface area (Å²) in [4.78, 5) is 18.4. The van der Waals surface area contributed by atoms with E-state index in [-0.39, 0.29) is 24.0 Å². The molecular weight excluding hydrogens is 530 g/mol. The number of aryl methyl sites for hydroxylation is 2. The van der Waals surface area contributed by atoms with Gasteiger partial charge in [-0.3, -0.25) is 9.69 Å². The first-order chi connectivity index (χ1) is 20.8. The lowest BCUT2D eigenvalue weighted by Crippen LogP contribution is -2.61. The number of carbonyl (C=O) groups is 1.